The topological polar surface area (TPSA) is 280 Å². The van der Waals surface area contributed by atoms with E-state index < -0.39 is 95.8 Å². The fraction of sp³-hybridized carbons (Fsp3) is 0.424. The van der Waals surface area contributed by atoms with Crippen LogP contribution < -0.4 is 9.62 Å². The Hall–Kier alpha value is -5.09. The van der Waals surface area contributed by atoms with Gasteiger partial charge >= 0.3 is 29.8 Å². The average molecular weight is 796 g/mol. The molecule has 19 nitrogen and oxygen atoms in total. The lowest BCUT2D eigenvalue weighted by Crippen LogP contribution is -2.55. The van der Waals surface area contributed by atoms with Crippen molar-refractivity contribution in [3.63, 3.8) is 0 Å². The first kappa shape index (κ1) is 43.3. The van der Waals surface area contributed by atoms with Crippen molar-refractivity contribution in [2.24, 2.45) is 0 Å². The Kier molecular flexibility index (Phi) is 15.5. The molecule has 2 amide bonds. The Labute approximate surface area is 314 Å². The number of amides is 2. The molecule has 2 aromatic carbocycles. The molecule has 6 N–H and O–H groups in total. The zero-order valence-corrected chi connectivity index (χ0v) is 30.9. The predicted molar refractivity (Wildman–Crippen MR) is 193 cm³/mol. The predicted octanol–water partition coefficient (Wildman–Crippen LogP) is 0.111. The molecule has 0 radical (unpaired) electrons. The van der Waals surface area contributed by atoms with Crippen molar-refractivity contribution in [2.75, 3.05) is 61.7 Å². The number of carboxylic acids is 5. The van der Waals surface area contributed by atoms with Crippen LogP contribution in [0.15, 0.2) is 53.4 Å². The molecule has 0 spiro atoms. The normalized spacial score (nSPS) is 15.8. The van der Waals surface area contributed by atoms with Gasteiger partial charge < -0.3 is 25.5 Å². The number of rotatable bonds is 23. The highest BCUT2D eigenvalue weighted by Gasteiger charge is 2.39. The summed E-state index contributed by atoms with van der Waals surface area (Å²) >= 11 is 1.25. The third kappa shape index (κ3) is 12.8. The molecule has 21 heteroatoms. The van der Waals surface area contributed by atoms with Gasteiger partial charge in [-0.3, -0.25) is 53.0 Å². The largest absolute Gasteiger partial charge is 0.480 e. The van der Waals surface area contributed by atoms with E-state index in [1.807, 2.05) is 0 Å². The van der Waals surface area contributed by atoms with E-state index in [1.54, 1.807) is 6.26 Å². The van der Waals surface area contributed by atoms with Crippen LogP contribution in [0.25, 0.3) is 0 Å². The van der Waals surface area contributed by atoms with Gasteiger partial charge in [-0.15, -0.1) is 0 Å². The van der Waals surface area contributed by atoms with Crippen LogP contribution in [-0.2, 0) is 50.0 Å². The van der Waals surface area contributed by atoms with E-state index in [0.717, 1.165) is 14.7 Å². The van der Waals surface area contributed by atoms with Crippen LogP contribution in [-0.4, -0.2) is 160 Å². The first-order chi connectivity index (χ1) is 25.3. The molecular formula is C33H41N5O14S2. The lowest BCUT2D eigenvalue weighted by Gasteiger charge is -2.39. The highest BCUT2D eigenvalue weighted by molar-refractivity contribution is 8.00. The third-order valence-electron chi connectivity index (χ3n) is 8.25. The summed E-state index contributed by atoms with van der Waals surface area (Å²) in [7, 11) is -4.16. The molecule has 3 rings (SSSR count). The maximum atomic E-state index is 13.2. The smallest absolute Gasteiger partial charge is 0.317 e. The summed E-state index contributed by atoms with van der Waals surface area (Å²) in [5.74, 6) is -7.47. The minimum absolute atomic E-state index is 0.0228. The quantitative estimate of drug-likeness (QED) is 0.0814. The Morgan fingerprint density at radius 2 is 1.26 bits per heavy atom. The summed E-state index contributed by atoms with van der Waals surface area (Å²) in [5, 5.41) is 46.8. The van der Waals surface area contributed by atoms with Crippen LogP contribution in [0, 0.1) is 0 Å². The minimum atomic E-state index is -4.16. The number of carboxylic acid groups (broad SMARTS) is 5. The van der Waals surface area contributed by atoms with Gasteiger partial charge in [-0.05, 0) is 61.6 Å². The molecule has 1 unspecified atom stereocenters. The van der Waals surface area contributed by atoms with E-state index in [9.17, 15) is 67.5 Å². The zero-order chi connectivity index (χ0) is 40.3. The van der Waals surface area contributed by atoms with E-state index in [1.165, 1.54) is 72.1 Å². The molecule has 1 aliphatic rings. The highest BCUT2D eigenvalue weighted by Crippen LogP contribution is 2.29. The van der Waals surface area contributed by atoms with Gasteiger partial charge in [-0.1, -0.05) is 12.1 Å². The Morgan fingerprint density at radius 1 is 0.778 bits per heavy atom. The molecule has 3 atom stereocenters. The fourth-order valence-electron chi connectivity index (χ4n) is 6.03. The first-order valence-corrected chi connectivity index (χ1v) is 19.0. The molecule has 1 heterocycles. The van der Waals surface area contributed by atoms with Crippen LogP contribution in [0.2, 0.25) is 0 Å². The number of nitrogens with zero attached hydrogens (tertiary/aromatic N) is 4. The first-order valence-electron chi connectivity index (χ1n) is 16.2. The second-order valence-corrected chi connectivity index (χ2v) is 15.2. The van der Waals surface area contributed by atoms with Crippen molar-refractivity contribution in [1.29, 1.82) is 0 Å². The zero-order valence-electron chi connectivity index (χ0n) is 29.2. The minimum Gasteiger partial charge on any atom is -0.480 e. The second kappa shape index (κ2) is 19.3. The van der Waals surface area contributed by atoms with Crippen molar-refractivity contribution in [1.82, 2.24) is 14.7 Å². The number of carbonyl (C=O) groups excluding carboxylic acids is 2. The number of sulfonamides is 1. The van der Waals surface area contributed by atoms with Crippen LogP contribution >= 0.6 is 11.8 Å². The second-order valence-electron chi connectivity index (χ2n) is 12.5. The van der Waals surface area contributed by atoms with Gasteiger partial charge in [0.05, 0.1) is 48.6 Å². The van der Waals surface area contributed by atoms with Gasteiger partial charge in [0.25, 0.3) is 10.0 Å². The molecular weight excluding hydrogens is 755 g/mol. The summed E-state index contributed by atoms with van der Waals surface area (Å²) in [6, 6.07) is 9.30. The van der Waals surface area contributed by atoms with Gasteiger partial charge in [0.15, 0.2) is 0 Å². The summed E-state index contributed by atoms with van der Waals surface area (Å²) in [6.07, 6.45) is 1.73. The van der Waals surface area contributed by atoms with Crippen molar-refractivity contribution < 1.29 is 67.5 Å². The Bertz CT molecular complexity index is 1790. The van der Waals surface area contributed by atoms with Crippen molar-refractivity contribution >= 4 is 74.8 Å². The molecule has 0 bridgehead atoms. The summed E-state index contributed by atoms with van der Waals surface area (Å²) in [5.41, 5.74) is 0.851. The maximum Gasteiger partial charge on any atom is 0.317 e. The van der Waals surface area contributed by atoms with Gasteiger partial charge in [-0.25, -0.2) is 13.3 Å². The van der Waals surface area contributed by atoms with E-state index in [0.29, 0.717) is 5.56 Å². The number of imide groups is 1. The van der Waals surface area contributed by atoms with Gasteiger partial charge in [0.2, 0.25) is 11.8 Å². The summed E-state index contributed by atoms with van der Waals surface area (Å²) in [4.78, 5) is 87.4. The number of hydrogen-bond acceptors (Lipinski definition) is 13. The third-order valence-corrected chi connectivity index (χ3v) is 10.6. The Morgan fingerprint density at radius 3 is 1.70 bits per heavy atom. The van der Waals surface area contributed by atoms with Crippen molar-refractivity contribution in [3.05, 3.63) is 54.1 Å². The van der Waals surface area contributed by atoms with Crippen LogP contribution in [0.3, 0.4) is 0 Å². The van der Waals surface area contributed by atoms with Gasteiger partial charge in [0.1, 0.15) is 0 Å². The van der Waals surface area contributed by atoms with Crippen LogP contribution in [0.5, 0.6) is 0 Å². The van der Waals surface area contributed by atoms with Crippen LogP contribution in [0.4, 0.5) is 11.4 Å². The lowest BCUT2D eigenvalue weighted by atomic mass is 10.0. The molecule has 0 aromatic heterocycles. The lowest BCUT2D eigenvalue weighted by molar-refractivity contribution is -0.144. The SMILES string of the molecule is CSC1CC(=O)N(c2ccc(S(=O)(=O)Nc3ccc(C[C@H](CN(CC(=O)O)CC(=O)O)N(CC(=O)O)[C@@H](C)CN(CC(=O)O)CC(=O)O)cc3)cc2)C1=O. The number of anilines is 2. The van der Waals surface area contributed by atoms with Crippen molar-refractivity contribution in [2.45, 2.75) is 42.0 Å². The molecule has 1 saturated heterocycles. The fourth-order valence-corrected chi connectivity index (χ4v) is 7.70. The molecule has 0 aliphatic carbocycles. The number of thioether (sulfide) groups is 1. The molecule has 1 aliphatic heterocycles. The van der Waals surface area contributed by atoms with E-state index in [-0.39, 0.29) is 48.1 Å². The monoisotopic (exact) mass is 795 g/mol. The summed E-state index contributed by atoms with van der Waals surface area (Å²) in [6.45, 7) is -2.44. The molecule has 54 heavy (non-hydrogen) atoms. The average Bonchev–Trinajstić information content (AvgIpc) is 3.35. The van der Waals surface area contributed by atoms with E-state index >= 15 is 0 Å². The highest BCUT2D eigenvalue weighted by atomic mass is 32.2. The maximum absolute atomic E-state index is 13.2. The number of hydrogen-bond donors (Lipinski definition) is 6. The summed E-state index contributed by atoms with van der Waals surface area (Å²) < 4.78 is 28.8. The Balaban J connectivity index is 1.88. The standard InChI is InChI=1S/C33H41N5O14S2/c1-20(13-35(15-28(40)41)16-29(42)43)37(19-32(48)49)24(14-36(17-30(44)45)18-31(46)47)11-21-3-5-22(6-4-21)34-54(51,52)25-9-7-23(8-10-25)38-27(39)12-26(53-2)33(38)50/h3-10,20,24,26,34H,11-19H2,1-2H3,(H,40,41)(H,42,43)(H,44,45)(H,46,47)(H,48,49)/t20-,24+,26?/m0/s1. The van der Waals surface area contributed by atoms with E-state index in [2.05, 4.69) is 4.72 Å². The molecule has 2 aromatic rings. The number of aliphatic carboxylic acids is 5. The van der Waals surface area contributed by atoms with Gasteiger partial charge in [-0.2, -0.15) is 11.8 Å². The molecule has 0 saturated carbocycles. The molecule has 1 fully saturated rings. The van der Waals surface area contributed by atoms with Gasteiger partial charge in [0, 0.05) is 37.3 Å². The molecule has 294 valence electrons. The van der Waals surface area contributed by atoms with E-state index in [4.69, 9.17) is 0 Å². The number of nitrogens with one attached hydrogen (secondary N) is 1. The van der Waals surface area contributed by atoms with Crippen molar-refractivity contribution in [3.8, 4) is 0 Å². The number of carbonyl (C=O) groups is 7. The number of benzene rings is 2. The van der Waals surface area contributed by atoms with Crippen LogP contribution in [0.1, 0.15) is 18.9 Å².